The van der Waals surface area contributed by atoms with Crippen molar-refractivity contribution in [3.63, 3.8) is 0 Å². The van der Waals surface area contributed by atoms with Gasteiger partial charge < -0.3 is 5.32 Å². The Hall–Kier alpha value is -4.05. The first-order chi connectivity index (χ1) is 15.5. The zero-order chi connectivity index (χ0) is 22.5. The molecule has 0 aliphatic heterocycles. The number of pyridine rings is 1. The maximum Gasteiger partial charge on any atom is 0.123 e. The number of hydrogen-bond acceptors (Lipinski definition) is 3. The smallest absolute Gasteiger partial charge is 0.123 e. The molecular formula is C28H24FN3. The topological polar surface area (TPSA) is 37.3 Å². The van der Waals surface area contributed by atoms with E-state index in [1.807, 2.05) is 48.7 Å². The summed E-state index contributed by atoms with van der Waals surface area (Å²) < 4.78 is 13.6. The minimum atomic E-state index is -0.255. The molecule has 32 heavy (non-hydrogen) atoms. The van der Waals surface area contributed by atoms with Gasteiger partial charge in [-0.05, 0) is 65.6 Å². The van der Waals surface area contributed by atoms with Gasteiger partial charge in [-0.1, -0.05) is 49.0 Å². The molecule has 0 radical (unpaired) electrons. The number of hydrogen-bond donors (Lipinski definition) is 1. The van der Waals surface area contributed by atoms with Crippen LogP contribution < -0.4 is 5.32 Å². The molecule has 0 aliphatic carbocycles. The van der Waals surface area contributed by atoms with Crippen LogP contribution in [-0.2, 0) is 0 Å². The molecule has 1 aromatic heterocycles. The third kappa shape index (κ3) is 4.65. The molecule has 0 unspecified atom stereocenters. The first-order valence-corrected chi connectivity index (χ1v) is 10.4. The predicted octanol–water partition coefficient (Wildman–Crippen LogP) is 6.91. The van der Waals surface area contributed by atoms with Gasteiger partial charge in [-0.2, -0.15) is 0 Å². The second-order valence-electron chi connectivity index (χ2n) is 7.54. The van der Waals surface area contributed by atoms with Crippen LogP contribution in [0.15, 0.2) is 109 Å². The molecule has 0 saturated heterocycles. The van der Waals surface area contributed by atoms with Crippen LogP contribution in [0.1, 0.15) is 11.1 Å². The quantitative estimate of drug-likeness (QED) is 0.344. The first kappa shape index (κ1) is 21.2. The van der Waals surface area contributed by atoms with Crippen LogP contribution in [0, 0.1) is 12.7 Å². The maximum atomic E-state index is 13.6. The molecule has 158 valence electrons. The maximum absolute atomic E-state index is 13.6. The Balaban J connectivity index is 1.62. The first-order valence-electron chi connectivity index (χ1n) is 10.4. The number of rotatable bonds is 6. The molecule has 1 N–H and O–H groups in total. The highest BCUT2D eigenvalue weighted by Gasteiger charge is 2.13. The molecule has 0 amide bonds. The lowest BCUT2D eigenvalue weighted by Crippen LogP contribution is -2.13. The summed E-state index contributed by atoms with van der Waals surface area (Å²) in [6, 6.07) is 24.7. The minimum Gasteiger partial charge on any atom is -0.354 e. The molecular weight excluding hydrogens is 397 g/mol. The van der Waals surface area contributed by atoms with Crippen molar-refractivity contribution in [2.45, 2.75) is 6.92 Å². The molecule has 0 fully saturated rings. The highest BCUT2D eigenvalue weighted by Crippen LogP contribution is 2.26. The van der Waals surface area contributed by atoms with Crippen LogP contribution in [0.3, 0.4) is 0 Å². The summed E-state index contributed by atoms with van der Waals surface area (Å²) in [6.45, 7) is 6.30. The van der Waals surface area contributed by atoms with E-state index >= 15 is 0 Å². The van der Waals surface area contributed by atoms with E-state index in [1.165, 1.54) is 12.1 Å². The lowest BCUT2D eigenvalue weighted by molar-refractivity contribution is 0.628. The van der Waals surface area contributed by atoms with E-state index in [0.717, 1.165) is 44.8 Å². The Morgan fingerprint density at radius 1 is 0.875 bits per heavy atom. The standard InChI is InChI=1S/C28H24FN3/c1-19-12-13-23(24-9-6-14-31-18-24)17-27(19)28(30-3)20(2)32-26-11-5-8-22(16-26)21-7-4-10-25(29)15-21/h4-18,32H,2H2,1,3H3. The van der Waals surface area contributed by atoms with E-state index < -0.39 is 0 Å². The van der Waals surface area contributed by atoms with Crippen molar-refractivity contribution in [3.8, 4) is 22.3 Å². The second-order valence-corrected chi connectivity index (χ2v) is 7.54. The summed E-state index contributed by atoms with van der Waals surface area (Å²) in [6.07, 6.45) is 3.61. The average Bonchev–Trinajstić information content (AvgIpc) is 2.81. The molecule has 1 heterocycles. The number of aryl methyl sites for hydroxylation is 1. The van der Waals surface area contributed by atoms with E-state index in [2.05, 4.69) is 47.0 Å². The number of benzene rings is 3. The van der Waals surface area contributed by atoms with Crippen LogP contribution in [0.2, 0.25) is 0 Å². The number of halogens is 1. The number of anilines is 1. The lowest BCUT2D eigenvalue weighted by atomic mass is 9.96. The summed E-state index contributed by atoms with van der Waals surface area (Å²) in [5, 5.41) is 3.37. The van der Waals surface area contributed by atoms with Crippen LogP contribution in [0.25, 0.3) is 22.3 Å². The third-order valence-electron chi connectivity index (χ3n) is 5.31. The van der Waals surface area contributed by atoms with E-state index in [4.69, 9.17) is 0 Å². The van der Waals surface area contributed by atoms with Crippen LogP contribution in [0.4, 0.5) is 10.1 Å². The van der Waals surface area contributed by atoms with Gasteiger partial charge in [-0.15, -0.1) is 0 Å². The van der Waals surface area contributed by atoms with Crippen molar-refractivity contribution >= 4 is 11.4 Å². The highest BCUT2D eigenvalue weighted by molar-refractivity contribution is 6.15. The second kappa shape index (κ2) is 9.40. The van der Waals surface area contributed by atoms with Gasteiger partial charge in [0.25, 0.3) is 0 Å². The highest BCUT2D eigenvalue weighted by atomic mass is 19.1. The molecule has 4 rings (SSSR count). The fourth-order valence-corrected chi connectivity index (χ4v) is 3.69. The number of nitrogens with one attached hydrogen (secondary N) is 1. The zero-order valence-corrected chi connectivity index (χ0v) is 18.1. The molecule has 0 saturated carbocycles. The van der Waals surface area contributed by atoms with Gasteiger partial charge in [0.2, 0.25) is 0 Å². The Morgan fingerprint density at radius 3 is 2.31 bits per heavy atom. The van der Waals surface area contributed by atoms with Gasteiger partial charge in [0, 0.05) is 36.3 Å². The average molecular weight is 422 g/mol. The van der Waals surface area contributed by atoms with Crippen molar-refractivity contribution in [2.24, 2.45) is 4.99 Å². The summed E-state index contributed by atoms with van der Waals surface area (Å²) in [5.74, 6) is -0.255. The molecule has 0 aliphatic rings. The lowest BCUT2D eigenvalue weighted by Gasteiger charge is -2.16. The Labute approximate surface area is 188 Å². The largest absolute Gasteiger partial charge is 0.354 e. The van der Waals surface area contributed by atoms with Crippen molar-refractivity contribution in [1.82, 2.24) is 4.98 Å². The van der Waals surface area contributed by atoms with Gasteiger partial charge >= 0.3 is 0 Å². The van der Waals surface area contributed by atoms with Gasteiger partial charge in [0.05, 0.1) is 11.4 Å². The molecule has 3 nitrogen and oxygen atoms in total. The molecule has 4 aromatic rings. The summed E-state index contributed by atoms with van der Waals surface area (Å²) in [5.41, 5.74) is 8.31. The minimum absolute atomic E-state index is 0.255. The molecule has 4 heteroatoms. The number of aliphatic imine (C=N–C) groups is 1. The van der Waals surface area contributed by atoms with Crippen molar-refractivity contribution in [1.29, 1.82) is 0 Å². The summed E-state index contributed by atoms with van der Waals surface area (Å²) >= 11 is 0. The van der Waals surface area contributed by atoms with Crippen molar-refractivity contribution in [2.75, 3.05) is 12.4 Å². The fourth-order valence-electron chi connectivity index (χ4n) is 3.69. The molecule has 0 bridgehead atoms. The van der Waals surface area contributed by atoms with E-state index in [1.54, 1.807) is 19.3 Å². The zero-order valence-electron chi connectivity index (χ0n) is 18.1. The third-order valence-corrected chi connectivity index (χ3v) is 5.31. The normalized spacial score (nSPS) is 11.3. The van der Waals surface area contributed by atoms with Gasteiger partial charge in [-0.3, -0.25) is 9.98 Å². The SMILES string of the molecule is C=C(Nc1cccc(-c2cccc(F)c2)c1)C(=NC)c1cc(-c2cccnc2)ccc1C. The summed E-state index contributed by atoms with van der Waals surface area (Å²) in [4.78, 5) is 8.76. The van der Waals surface area contributed by atoms with Gasteiger partial charge in [0.15, 0.2) is 0 Å². The number of aromatic nitrogens is 1. The molecule has 0 atom stereocenters. The van der Waals surface area contributed by atoms with E-state index in [9.17, 15) is 4.39 Å². The van der Waals surface area contributed by atoms with Crippen LogP contribution in [-0.4, -0.2) is 17.7 Å². The van der Waals surface area contributed by atoms with E-state index in [0.29, 0.717) is 5.70 Å². The Morgan fingerprint density at radius 2 is 1.59 bits per heavy atom. The molecule has 3 aromatic carbocycles. The van der Waals surface area contributed by atoms with Crippen molar-refractivity contribution in [3.05, 3.63) is 120 Å². The van der Waals surface area contributed by atoms with Crippen LogP contribution in [0.5, 0.6) is 0 Å². The number of nitrogens with zero attached hydrogens (tertiary/aromatic N) is 2. The summed E-state index contributed by atoms with van der Waals surface area (Å²) in [7, 11) is 1.77. The predicted molar refractivity (Wildman–Crippen MR) is 131 cm³/mol. The molecule has 0 spiro atoms. The van der Waals surface area contributed by atoms with Gasteiger partial charge in [-0.25, -0.2) is 4.39 Å². The van der Waals surface area contributed by atoms with Crippen molar-refractivity contribution < 1.29 is 4.39 Å². The van der Waals surface area contributed by atoms with Gasteiger partial charge in [0.1, 0.15) is 5.82 Å². The Bertz CT molecular complexity index is 1290. The van der Waals surface area contributed by atoms with E-state index in [-0.39, 0.29) is 5.82 Å². The Kier molecular flexibility index (Phi) is 6.22. The fraction of sp³-hybridized carbons (Fsp3) is 0.0714. The van der Waals surface area contributed by atoms with Crippen LogP contribution >= 0.6 is 0 Å². The monoisotopic (exact) mass is 421 g/mol. The number of allylic oxidation sites excluding steroid dienone is 1.